The molecular weight excluding hydrogens is 319 g/mol. The van der Waals surface area contributed by atoms with Gasteiger partial charge >= 0.3 is 0 Å². The van der Waals surface area contributed by atoms with E-state index in [0.717, 1.165) is 11.8 Å². The molecule has 4 aliphatic carbocycles. The summed E-state index contributed by atoms with van der Waals surface area (Å²) in [4.78, 5) is 18.9. The first kappa shape index (κ1) is 14.8. The van der Waals surface area contributed by atoms with Gasteiger partial charge in [-0.15, -0.1) is 0 Å². The van der Waals surface area contributed by atoms with Crippen LogP contribution in [0, 0.1) is 23.7 Å². The molecule has 1 amide bonds. The van der Waals surface area contributed by atoms with Gasteiger partial charge < -0.3 is 4.90 Å². The summed E-state index contributed by atoms with van der Waals surface area (Å²) < 4.78 is 0. The number of rotatable bonds is 2. The molecule has 0 N–H and O–H groups in total. The largest absolute Gasteiger partial charge is 0.337 e. The molecule has 1 aromatic rings. The van der Waals surface area contributed by atoms with Crippen LogP contribution in [-0.2, 0) is 0 Å². The van der Waals surface area contributed by atoms with Crippen molar-refractivity contribution in [3.63, 3.8) is 0 Å². The second-order valence-electron chi connectivity index (χ2n) is 7.30. The van der Waals surface area contributed by atoms with Crippen LogP contribution in [-0.4, -0.2) is 28.9 Å². The van der Waals surface area contributed by atoms with E-state index in [-0.39, 0.29) is 11.6 Å². The Morgan fingerprint density at radius 2 is 1.68 bits per heavy atom. The predicted octanol–water partition coefficient (Wildman–Crippen LogP) is 4.29. The molecule has 0 aromatic carbocycles. The first-order chi connectivity index (χ1) is 10.5. The van der Waals surface area contributed by atoms with Crippen LogP contribution in [0.2, 0.25) is 10.2 Å². The number of nitrogens with zero attached hydrogens (tertiary/aromatic N) is 2. The van der Waals surface area contributed by atoms with Gasteiger partial charge in [-0.2, -0.15) is 0 Å². The van der Waals surface area contributed by atoms with Crippen LogP contribution in [0.4, 0.5) is 0 Å². The van der Waals surface area contributed by atoms with Crippen molar-refractivity contribution in [2.75, 3.05) is 7.05 Å². The van der Waals surface area contributed by atoms with E-state index in [9.17, 15) is 4.79 Å². The van der Waals surface area contributed by atoms with Crippen LogP contribution >= 0.6 is 23.2 Å². The molecule has 1 heterocycles. The fourth-order valence-electron chi connectivity index (χ4n) is 5.40. The van der Waals surface area contributed by atoms with Crippen LogP contribution < -0.4 is 0 Å². The molecular formula is C17H20Cl2N2O. The highest BCUT2D eigenvalue weighted by atomic mass is 35.5. The Kier molecular flexibility index (Phi) is 3.61. The van der Waals surface area contributed by atoms with Crippen molar-refractivity contribution >= 4 is 29.1 Å². The van der Waals surface area contributed by atoms with Crippen molar-refractivity contribution in [3.05, 3.63) is 28.0 Å². The molecule has 0 unspecified atom stereocenters. The maximum absolute atomic E-state index is 12.9. The van der Waals surface area contributed by atoms with Gasteiger partial charge in [0, 0.05) is 13.1 Å². The Hall–Kier alpha value is -0.800. The summed E-state index contributed by atoms with van der Waals surface area (Å²) in [5.74, 6) is 3.02. The second kappa shape index (κ2) is 5.38. The van der Waals surface area contributed by atoms with Gasteiger partial charge in [0.2, 0.25) is 0 Å². The number of aromatic nitrogens is 1. The van der Waals surface area contributed by atoms with Crippen LogP contribution in [0.3, 0.4) is 0 Å². The number of carbonyl (C=O) groups is 1. The van der Waals surface area contributed by atoms with Crippen molar-refractivity contribution in [2.24, 2.45) is 23.7 Å². The Balaban J connectivity index is 1.60. The van der Waals surface area contributed by atoms with E-state index in [1.54, 1.807) is 12.1 Å². The Labute approximate surface area is 141 Å². The Bertz CT molecular complexity index is 591. The van der Waals surface area contributed by atoms with Crippen molar-refractivity contribution in [3.8, 4) is 0 Å². The van der Waals surface area contributed by atoms with E-state index in [0.29, 0.717) is 28.1 Å². The highest BCUT2D eigenvalue weighted by Crippen LogP contribution is 2.55. The summed E-state index contributed by atoms with van der Waals surface area (Å²) in [6, 6.07) is 3.61. The molecule has 3 nitrogen and oxygen atoms in total. The second-order valence-corrected chi connectivity index (χ2v) is 8.10. The first-order valence-electron chi connectivity index (χ1n) is 8.12. The number of halogens is 2. The summed E-state index contributed by atoms with van der Waals surface area (Å²) >= 11 is 12.1. The molecule has 4 aliphatic rings. The van der Waals surface area contributed by atoms with Gasteiger partial charge in [-0.1, -0.05) is 23.2 Å². The first-order valence-corrected chi connectivity index (χ1v) is 8.87. The standard InChI is InChI=1S/C17H20Cl2N2O/c1-21(17(22)15-13(18)2-3-14(19)20-15)16-11-5-9-4-10(7-11)8-12(16)6-9/h2-3,9-12,16H,4-8H2,1H3. The van der Waals surface area contributed by atoms with Gasteiger partial charge in [-0.25, -0.2) is 4.98 Å². The smallest absolute Gasteiger partial charge is 0.274 e. The number of hydrogen-bond acceptors (Lipinski definition) is 2. The van der Waals surface area contributed by atoms with Gasteiger partial charge in [0.05, 0.1) is 5.02 Å². The SMILES string of the molecule is CN(C(=O)c1nc(Cl)ccc1Cl)C1C2CC3CC(C2)CC1C3. The lowest BCUT2D eigenvalue weighted by Crippen LogP contribution is -2.56. The molecule has 4 bridgehead atoms. The normalized spacial score (nSPS) is 35.7. The minimum absolute atomic E-state index is 0.0926. The maximum atomic E-state index is 12.9. The quantitative estimate of drug-likeness (QED) is 0.754. The lowest BCUT2D eigenvalue weighted by molar-refractivity contribution is -0.0492. The van der Waals surface area contributed by atoms with E-state index in [2.05, 4.69) is 4.98 Å². The van der Waals surface area contributed by atoms with Gasteiger partial charge in [-0.05, 0) is 67.9 Å². The van der Waals surface area contributed by atoms with Gasteiger partial charge in [0.25, 0.3) is 5.91 Å². The minimum atomic E-state index is -0.0926. The molecule has 5 heteroatoms. The molecule has 5 rings (SSSR count). The average molecular weight is 339 g/mol. The molecule has 1 aromatic heterocycles. The van der Waals surface area contributed by atoms with Crippen LogP contribution in [0.25, 0.3) is 0 Å². The van der Waals surface area contributed by atoms with Crippen molar-refractivity contribution in [1.29, 1.82) is 0 Å². The van der Waals surface area contributed by atoms with E-state index >= 15 is 0 Å². The third-order valence-corrected chi connectivity index (χ3v) is 6.47. The number of hydrogen-bond donors (Lipinski definition) is 0. The summed E-state index contributed by atoms with van der Waals surface area (Å²) in [5.41, 5.74) is 0.283. The zero-order chi connectivity index (χ0) is 15.4. The van der Waals surface area contributed by atoms with Crippen LogP contribution in [0.15, 0.2) is 12.1 Å². The lowest BCUT2D eigenvalue weighted by atomic mass is 9.54. The molecule has 4 saturated carbocycles. The number of carbonyl (C=O) groups excluding carboxylic acids is 1. The summed E-state index contributed by atoms with van der Waals surface area (Å²) in [6.07, 6.45) is 6.55. The average Bonchev–Trinajstić information content (AvgIpc) is 2.47. The van der Waals surface area contributed by atoms with Crippen molar-refractivity contribution in [2.45, 2.75) is 38.1 Å². The van der Waals surface area contributed by atoms with E-state index in [1.165, 1.54) is 32.1 Å². The molecule has 0 spiro atoms. The summed E-state index contributed by atoms with van der Waals surface area (Å²) in [7, 11) is 1.91. The summed E-state index contributed by atoms with van der Waals surface area (Å²) in [6.45, 7) is 0. The molecule has 118 valence electrons. The van der Waals surface area contributed by atoms with E-state index < -0.39 is 0 Å². The highest BCUT2D eigenvalue weighted by molar-refractivity contribution is 6.34. The fourth-order valence-corrected chi connectivity index (χ4v) is 5.73. The third kappa shape index (κ3) is 2.33. The molecule has 0 radical (unpaired) electrons. The van der Waals surface area contributed by atoms with Crippen molar-refractivity contribution in [1.82, 2.24) is 9.88 Å². The molecule has 0 aliphatic heterocycles. The highest BCUT2D eigenvalue weighted by Gasteiger charge is 2.50. The van der Waals surface area contributed by atoms with E-state index in [1.807, 2.05) is 11.9 Å². The summed E-state index contributed by atoms with van der Waals surface area (Å²) in [5, 5.41) is 0.691. The monoisotopic (exact) mass is 338 g/mol. The predicted molar refractivity (Wildman–Crippen MR) is 87.2 cm³/mol. The third-order valence-electron chi connectivity index (χ3n) is 5.96. The number of amides is 1. The fraction of sp³-hybridized carbons (Fsp3) is 0.647. The zero-order valence-corrected chi connectivity index (χ0v) is 14.1. The topological polar surface area (TPSA) is 33.2 Å². The molecule has 4 fully saturated rings. The van der Waals surface area contributed by atoms with Crippen LogP contribution in [0.1, 0.15) is 42.6 Å². The minimum Gasteiger partial charge on any atom is -0.337 e. The van der Waals surface area contributed by atoms with Gasteiger partial charge in [0.15, 0.2) is 0 Å². The number of pyridine rings is 1. The molecule has 0 atom stereocenters. The Morgan fingerprint density at radius 1 is 1.09 bits per heavy atom. The van der Waals surface area contributed by atoms with Crippen molar-refractivity contribution < 1.29 is 4.79 Å². The van der Waals surface area contributed by atoms with Gasteiger partial charge in [0.1, 0.15) is 10.8 Å². The van der Waals surface area contributed by atoms with E-state index in [4.69, 9.17) is 23.2 Å². The van der Waals surface area contributed by atoms with Gasteiger partial charge in [-0.3, -0.25) is 4.79 Å². The van der Waals surface area contributed by atoms with Crippen LogP contribution in [0.5, 0.6) is 0 Å². The lowest BCUT2D eigenvalue weighted by Gasteiger charge is -2.56. The zero-order valence-electron chi connectivity index (χ0n) is 12.6. The maximum Gasteiger partial charge on any atom is 0.274 e. The Morgan fingerprint density at radius 3 is 2.27 bits per heavy atom. The molecule has 0 saturated heterocycles. The molecule has 22 heavy (non-hydrogen) atoms.